The lowest BCUT2D eigenvalue weighted by molar-refractivity contribution is 0.158. The smallest absolute Gasteiger partial charge is 0.264 e. The first-order valence-corrected chi connectivity index (χ1v) is 8.80. The van der Waals surface area contributed by atoms with Crippen LogP contribution in [0.15, 0.2) is 57.6 Å². The number of hydrogen-bond acceptors (Lipinski definition) is 7. The summed E-state index contributed by atoms with van der Waals surface area (Å²) in [6.45, 7) is 3.61. The number of hydrogen-bond donors (Lipinski definition) is 1. The van der Waals surface area contributed by atoms with Gasteiger partial charge >= 0.3 is 0 Å². The van der Waals surface area contributed by atoms with E-state index in [4.69, 9.17) is 13.8 Å². The van der Waals surface area contributed by atoms with E-state index >= 15 is 0 Å². The van der Waals surface area contributed by atoms with Crippen LogP contribution in [-0.4, -0.2) is 27.5 Å². The monoisotopic (exact) mass is 377 g/mol. The van der Waals surface area contributed by atoms with Crippen LogP contribution in [0.25, 0.3) is 34.1 Å². The summed E-state index contributed by atoms with van der Waals surface area (Å²) < 4.78 is 16.1. The Balaban J connectivity index is 1.80. The number of rotatable bonds is 5. The zero-order valence-corrected chi connectivity index (χ0v) is 15.7. The Morgan fingerprint density at radius 3 is 2.25 bits per heavy atom. The second-order valence-corrected chi connectivity index (χ2v) is 6.46. The molecule has 0 saturated carbocycles. The second kappa shape index (κ2) is 7.28. The molecule has 1 N–H and O–H groups in total. The summed E-state index contributed by atoms with van der Waals surface area (Å²) in [5, 5.41) is 18.3. The third-order valence-corrected chi connectivity index (χ3v) is 4.41. The first-order valence-electron chi connectivity index (χ1n) is 8.80. The molecule has 0 spiro atoms. The predicted octanol–water partition coefficient (Wildman–Crippen LogP) is 4.43. The fraction of sp³-hybridized carbons (Fsp3) is 0.190. The average Bonchev–Trinajstić information content (AvgIpc) is 3.35. The minimum Gasteiger partial charge on any atom is -0.497 e. The molecule has 0 fully saturated rings. The van der Waals surface area contributed by atoms with Gasteiger partial charge in [0.15, 0.2) is 5.76 Å². The standard InChI is InChI=1S/C21H19N3O4/c1-12-4-6-15(7-5-12)20-22-21(28-24-20)17-18(23-27-19(17)13(2)25)14-8-10-16(26-3)11-9-14/h4-11,13,25H,1-3H3. The maximum atomic E-state index is 10.1. The third kappa shape index (κ3) is 3.27. The number of aromatic nitrogens is 3. The first-order chi connectivity index (χ1) is 13.6. The van der Waals surface area contributed by atoms with Gasteiger partial charge in [-0.2, -0.15) is 4.98 Å². The Morgan fingerprint density at radius 2 is 1.61 bits per heavy atom. The van der Waals surface area contributed by atoms with Gasteiger partial charge in [-0.1, -0.05) is 40.1 Å². The lowest BCUT2D eigenvalue weighted by atomic mass is 10.0. The molecule has 0 aliphatic heterocycles. The van der Waals surface area contributed by atoms with Gasteiger partial charge in [-0.25, -0.2) is 0 Å². The van der Waals surface area contributed by atoms with E-state index in [0.29, 0.717) is 17.1 Å². The van der Waals surface area contributed by atoms with Crippen LogP contribution in [0, 0.1) is 6.92 Å². The van der Waals surface area contributed by atoms with Crippen LogP contribution < -0.4 is 4.74 Å². The number of ether oxygens (including phenoxy) is 1. The van der Waals surface area contributed by atoms with Crippen molar-refractivity contribution in [3.63, 3.8) is 0 Å². The SMILES string of the molecule is COc1ccc(-c2noc(C(C)O)c2-c2nc(-c3ccc(C)cc3)no2)cc1. The van der Waals surface area contributed by atoms with Gasteiger partial charge in [0, 0.05) is 11.1 Å². The molecule has 0 amide bonds. The minimum atomic E-state index is -0.885. The summed E-state index contributed by atoms with van der Waals surface area (Å²) in [7, 11) is 1.60. The normalized spacial score (nSPS) is 12.1. The molecule has 7 heteroatoms. The van der Waals surface area contributed by atoms with Crippen molar-refractivity contribution in [2.45, 2.75) is 20.0 Å². The molecular formula is C21H19N3O4. The van der Waals surface area contributed by atoms with E-state index in [9.17, 15) is 5.11 Å². The van der Waals surface area contributed by atoms with Crippen LogP contribution >= 0.6 is 0 Å². The zero-order chi connectivity index (χ0) is 19.7. The largest absolute Gasteiger partial charge is 0.497 e. The Morgan fingerprint density at radius 1 is 0.929 bits per heavy atom. The third-order valence-electron chi connectivity index (χ3n) is 4.41. The molecule has 28 heavy (non-hydrogen) atoms. The van der Waals surface area contributed by atoms with Crippen LogP contribution in [0.1, 0.15) is 24.4 Å². The quantitative estimate of drug-likeness (QED) is 0.550. The fourth-order valence-corrected chi connectivity index (χ4v) is 2.89. The van der Waals surface area contributed by atoms with Crippen molar-refractivity contribution < 1.29 is 18.9 Å². The summed E-state index contributed by atoms with van der Waals surface area (Å²) in [6.07, 6.45) is -0.885. The number of benzene rings is 2. The van der Waals surface area contributed by atoms with E-state index in [1.807, 2.05) is 55.5 Å². The van der Waals surface area contributed by atoms with Gasteiger partial charge in [-0.05, 0) is 38.1 Å². The van der Waals surface area contributed by atoms with E-state index in [1.165, 1.54) is 0 Å². The highest BCUT2D eigenvalue weighted by atomic mass is 16.5. The topological polar surface area (TPSA) is 94.4 Å². The van der Waals surface area contributed by atoms with Crippen LogP contribution in [0.3, 0.4) is 0 Å². The van der Waals surface area contributed by atoms with Gasteiger partial charge in [0.2, 0.25) is 5.82 Å². The van der Waals surface area contributed by atoms with Crippen molar-refractivity contribution in [3.8, 4) is 39.8 Å². The van der Waals surface area contributed by atoms with Crippen molar-refractivity contribution in [2.75, 3.05) is 7.11 Å². The molecule has 0 aliphatic rings. The Kier molecular flexibility index (Phi) is 4.67. The summed E-state index contributed by atoms with van der Waals surface area (Å²) in [5.74, 6) is 1.68. The summed E-state index contributed by atoms with van der Waals surface area (Å²) >= 11 is 0. The zero-order valence-electron chi connectivity index (χ0n) is 15.7. The van der Waals surface area contributed by atoms with Gasteiger partial charge < -0.3 is 18.9 Å². The maximum absolute atomic E-state index is 10.1. The van der Waals surface area contributed by atoms with Crippen molar-refractivity contribution in [1.82, 2.24) is 15.3 Å². The van der Waals surface area contributed by atoms with E-state index < -0.39 is 6.10 Å². The molecule has 142 valence electrons. The fourth-order valence-electron chi connectivity index (χ4n) is 2.89. The molecular weight excluding hydrogens is 358 g/mol. The molecule has 2 heterocycles. The molecule has 2 aromatic heterocycles. The molecule has 7 nitrogen and oxygen atoms in total. The second-order valence-electron chi connectivity index (χ2n) is 6.46. The summed E-state index contributed by atoms with van der Waals surface area (Å²) in [4.78, 5) is 4.50. The number of methoxy groups -OCH3 is 1. The lowest BCUT2D eigenvalue weighted by Gasteiger charge is -2.03. The minimum absolute atomic E-state index is 0.235. The van der Waals surface area contributed by atoms with Gasteiger partial charge in [0.25, 0.3) is 5.89 Å². The van der Waals surface area contributed by atoms with E-state index in [1.54, 1.807) is 14.0 Å². The van der Waals surface area contributed by atoms with E-state index in [0.717, 1.165) is 22.4 Å². The van der Waals surface area contributed by atoms with Crippen LogP contribution in [0.4, 0.5) is 0 Å². The first kappa shape index (κ1) is 17.9. The Hall–Kier alpha value is -3.45. The van der Waals surface area contributed by atoms with Gasteiger partial charge in [0.1, 0.15) is 23.1 Å². The van der Waals surface area contributed by atoms with Crippen LogP contribution in [0.2, 0.25) is 0 Å². The number of aliphatic hydroxyl groups is 1. The maximum Gasteiger partial charge on any atom is 0.264 e. The Labute approximate surface area is 161 Å². The molecule has 0 aliphatic carbocycles. The van der Waals surface area contributed by atoms with Crippen LogP contribution in [0.5, 0.6) is 5.75 Å². The highest BCUT2D eigenvalue weighted by Crippen LogP contribution is 2.37. The number of aliphatic hydroxyl groups excluding tert-OH is 1. The lowest BCUT2D eigenvalue weighted by Crippen LogP contribution is -1.93. The number of aryl methyl sites for hydroxylation is 1. The molecule has 0 radical (unpaired) electrons. The Bertz CT molecular complexity index is 1080. The molecule has 0 saturated heterocycles. The van der Waals surface area contributed by atoms with E-state index in [2.05, 4.69) is 15.3 Å². The van der Waals surface area contributed by atoms with Crippen LogP contribution in [-0.2, 0) is 0 Å². The summed E-state index contributed by atoms with van der Waals surface area (Å²) in [5.41, 5.74) is 3.75. The predicted molar refractivity (Wildman–Crippen MR) is 103 cm³/mol. The van der Waals surface area contributed by atoms with Crippen molar-refractivity contribution >= 4 is 0 Å². The van der Waals surface area contributed by atoms with Gasteiger partial charge in [0.05, 0.1) is 7.11 Å². The van der Waals surface area contributed by atoms with Gasteiger partial charge in [-0.15, -0.1) is 0 Å². The molecule has 1 atom stereocenters. The summed E-state index contributed by atoms with van der Waals surface area (Å²) in [6, 6.07) is 15.2. The van der Waals surface area contributed by atoms with Crippen molar-refractivity contribution in [1.29, 1.82) is 0 Å². The highest BCUT2D eigenvalue weighted by molar-refractivity contribution is 5.79. The molecule has 2 aromatic carbocycles. The molecule has 4 rings (SSSR count). The molecule has 4 aromatic rings. The molecule has 1 unspecified atom stereocenters. The molecule has 0 bridgehead atoms. The highest BCUT2D eigenvalue weighted by Gasteiger charge is 2.27. The van der Waals surface area contributed by atoms with Gasteiger partial charge in [-0.3, -0.25) is 0 Å². The van der Waals surface area contributed by atoms with Crippen molar-refractivity contribution in [3.05, 3.63) is 59.9 Å². The average molecular weight is 377 g/mol. The van der Waals surface area contributed by atoms with Crippen molar-refractivity contribution in [2.24, 2.45) is 0 Å². The number of nitrogens with zero attached hydrogens (tertiary/aromatic N) is 3. The van der Waals surface area contributed by atoms with E-state index in [-0.39, 0.29) is 11.7 Å².